The van der Waals surface area contributed by atoms with Crippen LogP contribution >= 0.6 is 0 Å². The minimum Gasteiger partial charge on any atom is -0.507 e. The number of ether oxygens (including phenoxy) is 2. The molecule has 1 fully saturated rings. The number of pyridine rings is 1. The first-order chi connectivity index (χ1) is 17.1. The summed E-state index contributed by atoms with van der Waals surface area (Å²) in [6, 6.07) is 11.6. The van der Waals surface area contributed by atoms with E-state index >= 15 is 0 Å². The second kappa shape index (κ2) is 9.73. The zero-order valence-electron chi connectivity index (χ0n) is 19.2. The number of carbonyl (C=O) groups excluding carboxylic acids is 2. The fraction of sp³-hybridized carbons (Fsp3) is 0.192. The monoisotopic (exact) mass is 498 g/mol. The minimum absolute atomic E-state index is 0.148. The summed E-state index contributed by atoms with van der Waals surface area (Å²) in [5, 5.41) is 11.2. The summed E-state index contributed by atoms with van der Waals surface area (Å²) in [4.78, 5) is 31.4. The minimum atomic E-state index is -4.88. The molecule has 7 nitrogen and oxygen atoms in total. The normalized spacial score (nSPS) is 17.4. The third-order valence-electron chi connectivity index (χ3n) is 5.56. The number of Topliss-reactive ketones (excluding diaryl/α,β-unsaturated/α-hetero) is 1. The average Bonchev–Trinajstić information content (AvgIpc) is 3.10. The summed E-state index contributed by atoms with van der Waals surface area (Å²) in [7, 11) is 0. The zero-order valence-corrected chi connectivity index (χ0v) is 19.2. The standard InChI is InChI=1S/C26H21F3N2O5/c1-3-35-20-9-4-17(14-15(20)2)23(32)21-22(16-10-12-30-13-11-16)31(25(34)24(21)33)18-5-7-19(8-6-18)36-26(27,28)29/h4-14,22,32H,3H2,1-2H3/b23-21-. The van der Waals surface area contributed by atoms with Crippen LogP contribution in [0.1, 0.15) is 29.7 Å². The lowest BCUT2D eigenvalue weighted by molar-refractivity contribution is -0.274. The van der Waals surface area contributed by atoms with Gasteiger partial charge in [0.15, 0.2) is 0 Å². The Morgan fingerprint density at radius 3 is 2.31 bits per heavy atom. The smallest absolute Gasteiger partial charge is 0.507 e. The lowest BCUT2D eigenvalue weighted by atomic mass is 9.95. The molecule has 1 unspecified atom stereocenters. The number of hydrogen-bond acceptors (Lipinski definition) is 6. The Morgan fingerprint density at radius 2 is 1.72 bits per heavy atom. The molecule has 1 aromatic heterocycles. The van der Waals surface area contributed by atoms with E-state index < -0.39 is 29.8 Å². The van der Waals surface area contributed by atoms with Crippen molar-refractivity contribution >= 4 is 23.1 Å². The molecule has 0 bridgehead atoms. The highest BCUT2D eigenvalue weighted by atomic mass is 19.4. The van der Waals surface area contributed by atoms with E-state index in [1.54, 1.807) is 37.3 Å². The van der Waals surface area contributed by atoms with Crippen LogP contribution in [-0.2, 0) is 9.59 Å². The Bertz CT molecular complexity index is 1320. The second-order valence-corrected chi connectivity index (χ2v) is 7.90. The molecule has 1 aliphatic rings. The Labute approximate surface area is 204 Å². The number of amides is 1. The number of aliphatic hydroxyl groups excluding tert-OH is 1. The largest absolute Gasteiger partial charge is 0.573 e. The van der Waals surface area contributed by atoms with Crippen LogP contribution < -0.4 is 14.4 Å². The Hall–Kier alpha value is -4.34. The van der Waals surface area contributed by atoms with Crippen LogP contribution in [0.3, 0.4) is 0 Å². The highest BCUT2D eigenvalue weighted by Crippen LogP contribution is 2.42. The molecule has 1 amide bonds. The molecule has 1 aliphatic heterocycles. The van der Waals surface area contributed by atoms with Crippen LogP contribution in [0.4, 0.5) is 18.9 Å². The molecule has 0 aliphatic carbocycles. The molecule has 4 rings (SSSR count). The molecule has 1 N–H and O–H groups in total. The second-order valence-electron chi connectivity index (χ2n) is 7.90. The van der Waals surface area contributed by atoms with Gasteiger partial charge in [-0.05, 0) is 79.6 Å². The highest BCUT2D eigenvalue weighted by molar-refractivity contribution is 6.51. The zero-order chi connectivity index (χ0) is 26.0. The maximum Gasteiger partial charge on any atom is 0.573 e. The Kier molecular flexibility index (Phi) is 6.69. The molecule has 1 atom stereocenters. The van der Waals surface area contributed by atoms with E-state index in [1.165, 1.54) is 24.5 Å². The lowest BCUT2D eigenvalue weighted by Crippen LogP contribution is -2.29. The number of alkyl halides is 3. The van der Waals surface area contributed by atoms with Crippen LogP contribution in [0.15, 0.2) is 72.6 Å². The molecular formula is C26H21F3N2O5. The van der Waals surface area contributed by atoms with Crippen molar-refractivity contribution in [2.75, 3.05) is 11.5 Å². The van der Waals surface area contributed by atoms with Gasteiger partial charge in [0.05, 0.1) is 18.2 Å². The number of aliphatic hydroxyl groups is 1. The topological polar surface area (TPSA) is 89.0 Å². The van der Waals surface area contributed by atoms with Gasteiger partial charge in [-0.1, -0.05) is 0 Å². The first-order valence-corrected chi connectivity index (χ1v) is 10.9. The molecule has 3 aromatic rings. The number of aryl methyl sites for hydroxylation is 1. The quantitative estimate of drug-likeness (QED) is 0.281. The van der Waals surface area contributed by atoms with Gasteiger partial charge in [-0.15, -0.1) is 13.2 Å². The van der Waals surface area contributed by atoms with Crippen LogP contribution in [0.5, 0.6) is 11.5 Å². The molecule has 2 aromatic carbocycles. The van der Waals surface area contributed by atoms with Crippen LogP contribution in [0, 0.1) is 6.92 Å². The van der Waals surface area contributed by atoms with Crippen molar-refractivity contribution in [2.24, 2.45) is 0 Å². The molecule has 0 radical (unpaired) electrons. The number of anilines is 1. The molecule has 0 spiro atoms. The van der Waals surface area contributed by atoms with Gasteiger partial charge in [0.25, 0.3) is 11.7 Å². The Balaban J connectivity index is 1.82. The van der Waals surface area contributed by atoms with Gasteiger partial charge < -0.3 is 14.6 Å². The molecule has 36 heavy (non-hydrogen) atoms. The number of halogens is 3. The molecule has 186 valence electrons. The van der Waals surface area contributed by atoms with E-state index in [1.807, 2.05) is 6.92 Å². The summed E-state index contributed by atoms with van der Waals surface area (Å²) in [5.41, 5.74) is 1.49. The Morgan fingerprint density at radius 1 is 1.06 bits per heavy atom. The molecular weight excluding hydrogens is 477 g/mol. The third-order valence-corrected chi connectivity index (χ3v) is 5.56. The summed E-state index contributed by atoms with van der Waals surface area (Å²) in [5.74, 6) is -2.13. The SMILES string of the molecule is CCOc1ccc(/C(O)=C2/C(=O)C(=O)N(c3ccc(OC(F)(F)F)cc3)C2c2ccncc2)cc1C. The van der Waals surface area contributed by atoms with E-state index in [0.29, 0.717) is 23.5 Å². The van der Waals surface area contributed by atoms with Gasteiger partial charge in [-0.25, -0.2) is 0 Å². The lowest BCUT2D eigenvalue weighted by Gasteiger charge is -2.25. The van der Waals surface area contributed by atoms with E-state index in [0.717, 1.165) is 22.6 Å². The van der Waals surface area contributed by atoms with Crippen LogP contribution in [0.2, 0.25) is 0 Å². The molecule has 0 saturated carbocycles. The number of nitrogens with zero attached hydrogens (tertiary/aromatic N) is 2. The van der Waals surface area contributed by atoms with Crippen molar-refractivity contribution in [2.45, 2.75) is 26.3 Å². The number of rotatable bonds is 6. The van der Waals surface area contributed by atoms with E-state index in [-0.39, 0.29) is 17.0 Å². The first kappa shape index (κ1) is 24.8. The van der Waals surface area contributed by atoms with Crippen molar-refractivity contribution in [3.05, 3.63) is 89.3 Å². The van der Waals surface area contributed by atoms with Crippen molar-refractivity contribution in [3.63, 3.8) is 0 Å². The molecule has 2 heterocycles. The fourth-order valence-corrected chi connectivity index (χ4v) is 4.04. The van der Waals surface area contributed by atoms with Crippen LogP contribution in [0.25, 0.3) is 5.76 Å². The predicted molar refractivity (Wildman–Crippen MR) is 124 cm³/mol. The van der Waals surface area contributed by atoms with Gasteiger partial charge in [-0.3, -0.25) is 19.5 Å². The molecule has 10 heteroatoms. The van der Waals surface area contributed by atoms with Gasteiger partial charge in [-0.2, -0.15) is 0 Å². The molecule has 1 saturated heterocycles. The van der Waals surface area contributed by atoms with E-state index in [9.17, 15) is 27.9 Å². The van der Waals surface area contributed by atoms with E-state index in [4.69, 9.17) is 4.74 Å². The number of ketones is 1. The highest BCUT2D eigenvalue weighted by Gasteiger charge is 2.47. The van der Waals surface area contributed by atoms with Crippen molar-refractivity contribution in [3.8, 4) is 11.5 Å². The van der Waals surface area contributed by atoms with E-state index in [2.05, 4.69) is 9.72 Å². The van der Waals surface area contributed by atoms with Gasteiger partial charge in [0.2, 0.25) is 0 Å². The van der Waals surface area contributed by atoms with Gasteiger partial charge in [0.1, 0.15) is 17.3 Å². The summed E-state index contributed by atoms with van der Waals surface area (Å²) in [6.07, 6.45) is -1.94. The van der Waals surface area contributed by atoms with Crippen molar-refractivity contribution in [1.29, 1.82) is 0 Å². The third kappa shape index (κ3) is 4.88. The maximum atomic E-state index is 13.2. The fourth-order valence-electron chi connectivity index (χ4n) is 4.04. The van der Waals surface area contributed by atoms with Crippen LogP contribution in [-0.4, -0.2) is 34.8 Å². The van der Waals surface area contributed by atoms with Crippen molar-refractivity contribution < 1.29 is 37.3 Å². The van der Waals surface area contributed by atoms with Gasteiger partial charge in [0, 0.05) is 23.6 Å². The average molecular weight is 498 g/mol. The maximum absolute atomic E-state index is 13.2. The number of carbonyl (C=O) groups is 2. The predicted octanol–water partition coefficient (Wildman–Crippen LogP) is 5.31. The van der Waals surface area contributed by atoms with Crippen molar-refractivity contribution in [1.82, 2.24) is 4.98 Å². The first-order valence-electron chi connectivity index (χ1n) is 10.9. The summed E-state index contributed by atoms with van der Waals surface area (Å²) >= 11 is 0. The van der Waals surface area contributed by atoms with Gasteiger partial charge >= 0.3 is 6.36 Å². The number of hydrogen-bond donors (Lipinski definition) is 1. The number of aromatic nitrogens is 1. The number of benzene rings is 2. The summed E-state index contributed by atoms with van der Waals surface area (Å²) in [6.45, 7) is 4.07. The summed E-state index contributed by atoms with van der Waals surface area (Å²) < 4.78 is 47.1.